The van der Waals surface area contributed by atoms with Gasteiger partial charge in [0.1, 0.15) is 11.7 Å². The quantitative estimate of drug-likeness (QED) is 0.379. The van der Waals surface area contributed by atoms with Crippen LogP contribution in [0.4, 0.5) is 0 Å². The van der Waals surface area contributed by atoms with E-state index in [2.05, 4.69) is 27.8 Å². The largest absolute Gasteiger partial charge is 0.497 e. The SMILES string of the molecule is COC(=O)/C=C/C1=CN(Cc2ccc(OC)cc2)[C@H]2C[C@@H]1c1c(c3ccccc3n1C)[C@H]2C(=O)OC. The highest BCUT2D eigenvalue weighted by Gasteiger charge is 2.47. The Kier molecular flexibility index (Phi) is 6.31. The van der Waals surface area contributed by atoms with Crippen LogP contribution in [-0.2, 0) is 32.7 Å². The summed E-state index contributed by atoms with van der Waals surface area (Å²) < 4.78 is 17.7. The van der Waals surface area contributed by atoms with E-state index in [0.29, 0.717) is 6.54 Å². The summed E-state index contributed by atoms with van der Waals surface area (Å²) in [5.41, 5.74) is 5.27. The van der Waals surface area contributed by atoms with Crippen LogP contribution in [0.25, 0.3) is 10.9 Å². The number of rotatable bonds is 6. The average Bonchev–Trinajstić information content (AvgIpc) is 3.21. The topological polar surface area (TPSA) is 70.0 Å². The first-order valence-electron chi connectivity index (χ1n) is 12.0. The van der Waals surface area contributed by atoms with E-state index in [0.717, 1.165) is 45.5 Å². The Labute approximate surface area is 210 Å². The summed E-state index contributed by atoms with van der Waals surface area (Å²) >= 11 is 0. The van der Waals surface area contributed by atoms with Gasteiger partial charge in [-0.15, -0.1) is 0 Å². The lowest BCUT2D eigenvalue weighted by atomic mass is 9.70. The van der Waals surface area contributed by atoms with Crippen molar-refractivity contribution in [2.24, 2.45) is 7.05 Å². The molecule has 1 aliphatic heterocycles. The Morgan fingerprint density at radius 1 is 1.03 bits per heavy atom. The Morgan fingerprint density at radius 2 is 1.78 bits per heavy atom. The van der Waals surface area contributed by atoms with Gasteiger partial charge in [0.05, 0.1) is 21.3 Å². The highest BCUT2D eigenvalue weighted by Crippen LogP contribution is 2.51. The number of para-hydroxylation sites is 1. The number of aromatic nitrogens is 1. The molecule has 3 aromatic rings. The van der Waals surface area contributed by atoms with Crippen molar-refractivity contribution in [1.82, 2.24) is 9.47 Å². The molecule has 2 heterocycles. The lowest BCUT2D eigenvalue weighted by Gasteiger charge is -2.46. The van der Waals surface area contributed by atoms with Gasteiger partial charge in [0.25, 0.3) is 0 Å². The minimum absolute atomic E-state index is 0.0244. The van der Waals surface area contributed by atoms with E-state index < -0.39 is 11.9 Å². The summed E-state index contributed by atoms with van der Waals surface area (Å²) in [5, 5.41) is 1.06. The van der Waals surface area contributed by atoms with E-state index in [1.54, 1.807) is 7.11 Å². The van der Waals surface area contributed by atoms with Crippen molar-refractivity contribution < 1.29 is 23.8 Å². The van der Waals surface area contributed by atoms with Crippen molar-refractivity contribution in [2.45, 2.75) is 30.8 Å². The zero-order chi connectivity index (χ0) is 25.4. The van der Waals surface area contributed by atoms with Crippen LogP contribution in [0.15, 0.2) is 72.5 Å². The van der Waals surface area contributed by atoms with E-state index >= 15 is 0 Å². The summed E-state index contributed by atoms with van der Waals surface area (Å²) in [4.78, 5) is 27.5. The van der Waals surface area contributed by atoms with E-state index in [1.807, 2.05) is 49.5 Å². The van der Waals surface area contributed by atoms with Crippen molar-refractivity contribution in [1.29, 1.82) is 0 Å². The fourth-order valence-electron chi connectivity index (χ4n) is 5.77. The minimum Gasteiger partial charge on any atom is -0.497 e. The maximum atomic E-state index is 13.3. The molecule has 0 saturated carbocycles. The molecule has 0 radical (unpaired) electrons. The second-order valence-corrected chi connectivity index (χ2v) is 9.24. The molecule has 2 aliphatic rings. The highest BCUT2D eigenvalue weighted by atomic mass is 16.5. The zero-order valence-electron chi connectivity index (χ0n) is 20.9. The molecule has 2 aromatic carbocycles. The van der Waals surface area contributed by atoms with E-state index in [9.17, 15) is 9.59 Å². The molecule has 36 heavy (non-hydrogen) atoms. The van der Waals surface area contributed by atoms with Gasteiger partial charge in [0.2, 0.25) is 0 Å². The van der Waals surface area contributed by atoms with Gasteiger partial charge in [-0.1, -0.05) is 30.3 Å². The number of hydrogen-bond donors (Lipinski definition) is 0. The summed E-state index contributed by atoms with van der Waals surface area (Å²) in [6.07, 6.45) is 6.11. The molecular formula is C29H30N2O5. The van der Waals surface area contributed by atoms with Crippen LogP contribution in [0.3, 0.4) is 0 Å². The van der Waals surface area contributed by atoms with Crippen LogP contribution in [-0.4, -0.2) is 48.8 Å². The van der Waals surface area contributed by atoms with E-state index in [1.165, 1.54) is 20.3 Å². The summed E-state index contributed by atoms with van der Waals surface area (Å²) in [6.45, 7) is 0.602. The monoisotopic (exact) mass is 486 g/mol. The number of aryl methyl sites for hydroxylation is 1. The minimum atomic E-state index is -0.437. The number of carbonyl (C=O) groups is 2. The molecule has 7 nitrogen and oxygen atoms in total. The Hall–Kier alpha value is -4.00. The first-order valence-corrected chi connectivity index (χ1v) is 12.0. The van der Waals surface area contributed by atoms with Gasteiger partial charge in [0, 0.05) is 54.4 Å². The van der Waals surface area contributed by atoms with Gasteiger partial charge < -0.3 is 23.7 Å². The number of carbonyl (C=O) groups excluding carboxylic acids is 2. The van der Waals surface area contributed by atoms with Crippen molar-refractivity contribution in [3.63, 3.8) is 0 Å². The van der Waals surface area contributed by atoms with Crippen LogP contribution in [0, 0.1) is 0 Å². The molecule has 0 saturated heterocycles. The number of allylic oxidation sites excluding steroid dienone is 2. The normalized spacial score (nSPS) is 20.7. The second-order valence-electron chi connectivity index (χ2n) is 9.24. The molecule has 0 amide bonds. The van der Waals surface area contributed by atoms with Gasteiger partial charge in [-0.2, -0.15) is 0 Å². The number of ether oxygens (including phenoxy) is 3. The summed E-state index contributed by atoms with van der Waals surface area (Å²) in [7, 11) is 6.52. The third-order valence-electron chi connectivity index (χ3n) is 7.43. The lowest BCUT2D eigenvalue weighted by molar-refractivity contribution is -0.144. The maximum Gasteiger partial charge on any atom is 0.330 e. The van der Waals surface area contributed by atoms with Gasteiger partial charge >= 0.3 is 11.9 Å². The summed E-state index contributed by atoms with van der Waals surface area (Å²) in [5.74, 6) is -0.262. The first kappa shape index (κ1) is 23.7. The molecule has 186 valence electrons. The number of esters is 2. The maximum absolute atomic E-state index is 13.3. The van der Waals surface area contributed by atoms with Crippen LogP contribution in [0.5, 0.6) is 5.75 Å². The first-order chi connectivity index (χ1) is 17.5. The van der Waals surface area contributed by atoms with Gasteiger partial charge in [-0.25, -0.2) is 4.79 Å². The zero-order valence-corrected chi connectivity index (χ0v) is 20.9. The molecule has 3 atom stereocenters. The number of nitrogens with zero attached hydrogens (tertiary/aromatic N) is 2. The number of hydrogen-bond acceptors (Lipinski definition) is 6. The molecule has 5 rings (SSSR count). The smallest absolute Gasteiger partial charge is 0.330 e. The molecule has 0 N–H and O–H groups in total. The highest BCUT2D eigenvalue weighted by molar-refractivity contribution is 5.93. The molecule has 0 spiro atoms. The molecule has 0 unspecified atom stereocenters. The van der Waals surface area contributed by atoms with Gasteiger partial charge in [-0.05, 0) is 47.4 Å². The van der Waals surface area contributed by atoms with Crippen LogP contribution < -0.4 is 4.74 Å². The van der Waals surface area contributed by atoms with Crippen LogP contribution in [0.2, 0.25) is 0 Å². The second kappa shape index (κ2) is 9.57. The van der Waals surface area contributed by atoms with E-state index in [-0.39, 0.29) is 17.9 Å². The fourth-order valence-corrected chi connectivity index (χ4v) is 5.77. The number of benzene rings is 2. The van der Waals surface area contributed by atoms with Crippen LogP contribution >= 0.6 is 0 Å². The Bertz CT molecular complexity index is 1370. The molecule has 1 aliphatic carbocycles. The predicted octanol–water partition coefficient (Wildman–Crippen LogP) is 4.43. The molecular weight excluding hydrogens is 456 g/mol. The predicted molar refractivity (Wildman–Crippen MR) is 137 cm³/mol. The summed E-state index contributed by atoms with van der Waals surface area (Å²) in [6, 6.07) is 16.0. The number of fused-ring (bicyclic) bond motifs is 6. The average molecular weight is 487 g/mol. The standard InChI is InChI=1S/C29H30N2O5/c1-30-23-8-6-5-7-21(23)26-27(29(33)36-4)24-15-22(28(26)30)19(11-14-25(32)35-3)17-31(24)16-18-9-12-20(34-2)13-10-18/h5-14,17,22,24,27H,15-16H2,1-4H3/b14-11+/t22-,24-,27-/m0/s1. The third-order valence-corrected chi connectivity index (χ3v) is 7.43. The molecule has 2 bridgehead atoms. The molecule has 0 fully saturated rings. The molecule has 7 heteroatoms. The Morgan fingerprint density at radius 3 is 2.47 bits per heavy atom. The van der Waals surface area contributed by atoms with Crippen molar-refractivity contribution in [2.75, 3.05) is 21.3 Å². The van der Waals surface area contributed by atoms with Gasteiger partial charge in [-0.3, -0.25) is 4.79 Å². The van der Waals surface area contributed by atoms with E-state index in [4.69, 9.17) is 14.2 Å². The Balaban J connectivity index is 1.67. The van der Waals surface area contributed by atoms with Gasteiger partial charge in [0.15, 0.2) is 0 Å². The van der Waals surface area contributed by atoms with Crippen molar-refractivity contribution in [3.05, 3.63) is 89.3 Å². The third kappa shape index (κ3) is 3.94. The van der Waals surface area contributed by atoms with Crippen molar-refractivity contribution in [3.8, 4) is 5.75 Å². The van der Waals surface area contributed by atoms with Crippen molar-refractivity contribution >= 4 is 22.8 Å². The number of methoxy groups -OCH3 is 3. The molecule has 1 aromatic heterocycles. The lowest BCUT2D eigenvalue weighted by Crippen LogP contribution is -2.46. The van der Waals surface area contributed by atoms with Crippen LogP contribution in [0.1, 0.15) is 35.1 Å². The fraction of sp³-hybridized carbons (Fsp3) is 0.310.